The first-order chi connectivity index (χ1) is 6.75. The van der Waals surface area contributed by atoms with Crippen molar-refractivity contribution >= 4 is 46.5 Å². The van der Waals surface area contributed by atoms with Gasteiger partial charge in [-0.2, -0.15) is 0 Å². The van der Waals surface area contributed by atoms with Crippen LogP contribution in [0.25, 0.3) is 0 Å². The van der Waals surface area contributed by atoms with Crippen LogP contribution in [0.4, 0.5) is 5.13 Å². The van der Waals surface area contributed by atoms with E-state index in [1.807, 2.05) is 6.92 Å². The van der Waals surface area contributed by atoms with Crippen molar-refractivity contribution in [1.82, 2.24) is 15.5 Å². The average Bonchev–Trinajstić information content (AvgIpc) is 2.75. The highest BCUT2D eigenvalue weighted by Crippen LogP contribution is 2.16. The zero-order valence-corrected chi connectivity index (χ0v) is 10.5. The fraction of sp³-hybridized carbons (Fsp3) is 0.571. The van der Waals surface area contributed by atoms with Gasteiger partial charge in [0.05, 0.1) is 6.04 Å². The summed E-state index contributed by atoms with van der Waals surface area (Å²) in [5, 5.41) is 14.9. The molecule has 1 fully saturated rings. The number of nitrogens with zero attached hydrogens (tertiary/aromatic N) is 2. The van der Waals surface area contributed by atoms with E-state index in [0.29, 0.717) is 5.13 Å². The van der Waals surface area contributed by atoms with E-state index in [2.05, 4.69) is 20.8 Å². The highest BCUT2D eigenvalue weighted by molar-refractivity contribution is 7.99. The number of nitrogens with one attached hydrogen (secondary N) is 2. The summed E-state index contributed by atoms with van der Waals surface area (Å²) in [5.74, 6) is 1.64. The molecule has 1 aliphatic heterocycles. The molecule has 8 heteroatoms. The van der Waals surface area contributed by atoms with Gasteiger partial charge in [-0.1, -0.05) is 11.3 Å². The third-order valence-corrected chi connectivity index (χ3v) is 3.48. The van der Waals surface area contributed by atoms with Crippen LogP contribution in [0.15, 0.2) is 0 Å². The van der Waals surface area contributed by atoms with E-state index in [0.717, 1.165) is 16.6 Å². The number of carbonyl (C=O) groups is 1. The first kappa shape index (κ1) is 12.7. The second-order valence-corrected chi connectivity index (χ2v) is 5.10. The van der Waals surface area contributed by atoms with E-state index in [-0.39, 0.29) is 24.4 Å². The minimum atomic E-state index is -0.0933. The molecule has 1 aromatic heterocycles. The van der Waals surface area contributed by atoms with Crippen molar-refractivity contribution in [3.05, 3.63) is 5.01 Å². The van der Waals surface area contributed by atoms with Crippen molar-refractivity contribution in [2.45, 2.75) is 13.0 Å². The Balaban J connectivity index is 0.00000112. The Morgan fingerprint density at radius 3 is 2.93 bits per heavy atom. The van der Waals surface area contributed by atoms with E-state index in [4.69, 9.17) is 0 Å². The average molecular weight is 267 g/mol. The van der Waals surface area contributed by atoms with Crippen molar-refractivity contribution < 1.29 is 4.79 Å². The van der Waals surface area contributed by atoms with Gasteiger partial charge in [0.25, 0.3) is 0 Å². The predicted octanol–water partition coefficient (Wildman–Crippen LogP) is 0.869. The van der Waals surface area contributed by atoms with Gasteiger partial charge in [-0.15, -0.1) is 34.4 Å². The highest BCUT2D eigenvalue weighted by Gasteiger charge is 2.23. The lowest BCUT2D eigenvalue weighted by Gasteiger charge is -2.06. The number of aromatic nitrogens is 2. The van der Waals surface area contributed by atoms with Crippen molar-refractivity contribution in [3.63, 3.8) is 0 Å². The Morgan fingerprint density at radius 1 is 1.60 bits per heavy atom. The number of thioether (sulfide) groups is 1. The van der Waals surface area contributed by atoms with E-state index < -0.39 is 0 Å². The van der Waals surface area contributed by atoms with Crippen LogP contribution in [0.3, 0.4) is 0 Å². The molecule has 1 aliphatic rings. The second kappa shape index (κ2) is 5.64. The molecule has 5 nitrogen and oxygen atoms in total. The van der Waals surface area contributed by atoms with Gasteiger partial charge in [-0.05, 0) is 6.92 Å². The molecule has 0 unspecified atom stereocenters. The fourth-order valence-electron chi connectivity index (χ4n) is 1.10. The van der Waals surface area contributed by atoms with Crippen LogP contribution < -0.4 is 10.6 Å². The van der Waals surface area contributed by atoms with Crippen LogP contribution in [0.2, 0.25) is 0 Å². The summed E-state index contributed by atoms with van der Waals surface area (Å²) in [6.45, 7) is 1.86. The van der Waals surface area contributed by atoms with E-state index >= 15 is 0 Å². The Hall–Kier alpha value is -0.370. The number of halogens is 1. The summed E-state index contributed by atoms with van der Waals surface area (Å²) in [6.07, 6.45) is 0. The van der Waals surface area contributed by atoms with E-state index in [9.17, 15) is 4.79 Å². The molecule has 1 aromatic rings. The molecule has 0 spiro atoms. The lowest BCUT2D eigenvalue weighted by Crippen LogP contribution is -2.37. The van der Waals surface area contributed by atoms with Crippen LogP contribution in [0.1, 0.15) is 5.01 Å². The molecule has 2 rings (SSSR count). The van der Waals surface area contributed by atoms with Gasteiger partial charge in [0, 0.05) is 11.6 Å². The molecular weight excluding hydrogens is 256 g/mol. The smallest absolute Gasteiger partial charge is 0.244 e. The zero-order valence-electron chi connectivity index (χ0n) is 8.02. The number of hydrogen-bond acceptors (Lipinski definition) is 6. The summed E-state index contributed by atoms with van der Waals surface area (Å²) < 4.78 is 0. The fourth-order valence-corrected chi connectivity index (χ4v) is 2.64. The first-order valence-electron chi connectivity index (χ1n) is 4.18. The summed E-state index contributed by atoms with van der Waals surface area (Å²) in [4.78, 5) is 11.6. The lowest BCUT2D eigenvalue weighted by molar-refractivity contribution is -0.117. The molecule has 2 heterocycles. The lowest BCUT2D eigenvalue weighted by atomic mass is 10.3. The maximum absolute atomic E-state index is 11.6. The molecule has 15 heavy (non-hydrogen) atoms. The molecule has 1 amide bonds. The number of carbonyl (C=O) groups excluding carboxylic acids is 1. The van der Waals surface area contributed by atoms with Gasteiger partial charge in [-0.25, -0.2) is 0 Å². The summed E-state index contributed by atoms with van der Waals surface area (Å²) in [6, 6.07) is -0.0933. The van der Waals surface area contributed by atoms with Crippen molar-refractivity contribution in [2.75, 3.05) is 16.9 Å². The van der Waals surface area contributed by atoms with Gasteiger partial charge in [0.2, 0.25) is 11.0 Å². The monoisotopic (exact) mass is 266 g/mol. The predicted molar refractivity (Wildman–Crippen MR) is 64.8 cm³/mol. The Bertz CT molecular complexity index is 339. The number of rotatable bonds is 2. The quantitative estimate of drug-likeness (QED) is 0.832. The van der Waals surface area contributed by atoms with Gasteiger partial charge >= 0.3 is 0 Å². The summed E-state index contributed by atoms with van der Waals surface area (Å²) >= 11 is 3.11. The van der Waals surface area contributed by atoms with E-state index in [1.54, 1.807) is 11.8 Å². The molecule has 0 aliphatic carbocycles. The highest BCUT2D eigenvalue weighted by atomic mass is 35.5. The minimum absolute atomic E-state index is 0. The van der Waals surface area contributed by atoms with Gasteiger partial charge in [0.15, 0.2) is 0 Å². The number of aryl methyl sites for hydroxylation is 1. The van der Waals surface area contributed by atoms with Crippen molar-refractivity contribution in [1.29, 1.82) is 0 Å². The topological polar surface area (TPSA) is 66.9 Å². The van der Waals surface area contributed by atoms with Gasteiger partial charge < -0.3 is 0 Å². The summed E-state index contributed by atoms with van der Waals surface area (Å²) in [7, 11) is 0. The molecule has 0 radical (unpaired) electrons. The minimum Gasteiger partial charge on any atom is -0.299 e. The number of amides is 1. The number of hydrogen-bond donors (Lipinski definition) is 2. The third kappa shape index (κ3) is 3.30. The van der Waals surface area contributed by atoms with Crippen molar-refractivity contribution in [2.24, 2.45) is 0 Å². The molecule has 1 saturated heterocycles. The second-order valence-electron chi connectivity index (χ2n) is 2.89. The standard InChI is InChI=1S/C7H10N4OS2.ClH/c1-4-10-11-7(14-4)9-6(12)5-2-13-3-8-5;/h5,8H,2-3H2,1H3,(H,9,11,12);1H/t5-;/m1./s1. The van der Waals surface area contributed by atoms with Crippen LogP contribution in [0.5, 0.6) is 0 Å². The first-order valence-corrected chi connectivity index (χ1v) is 6.15. The Morgan fingerprint density at radius 2 is 2.40 bits per heavy atom. The molecule has 0 bridgehead atoms. The Kier molecular flexibility index (Phi) is 4.78. The number of anilines is 1. The molecule has 2 N–H and O–H groups in total. The molecule has 84 valence electrons. The van der Waals surface area contributed by atoms with Crippen LogP contribution in [0, 0.1) is 6.92 Å². The summed E-state index contributed by atoms with van der Waals surface area (Å²) in [5.41, 5.74) is 0. The third-order valence-electron chi connectivity index (χ3n) is 1.79. The van der Waals surface area contributed by atoms with Crippen LogP contribution in [-0.4, -0.2) is 33.8 Å². The van der Waals surface area contributed by atoms with E-state index in [1.165, 1.54) is 11.3 Å². The van der Waals surface area contributed by atoms with Crippen LogP contribution >= 0.6 is 35.5 Å². The zero-order chi connectivity index (χ0) is 9.97. The molecule has 0 aromatic carbocycles. The molecule has 0 saturated carbocycles. The maximum Gasteiger partial charge on any atom is 0.244 e. The molecular formula is C7H11ClN4OS2. The van der Waals surface area contributed by atoms with Crippen LogP contribution in [-0.2, 0) is 4.79 Å². The Labute approximate surface area is 102 Å². The van der Waals surface area contributed by atoms with Gasteiger partial charge in [0.1, 0.15) is 5.01 Å². The normalized spacial score (nSPS) is 19.7. The molecule has 1 atom stereocenters. The maximum atomic E-state index is 11.6. The van der Waals surface area contributed by atoms with Gasteiger partial charge in [-0.3, -0.25) is 15.4 Å². The SMILES string of the molecule is Cc1nnc(NC(=O)[C@H]2CSCN2)s1.Cl. The largest absolute Gasteiger partial charge is 0.299 e. The van der Waals surface area contributed by atoms with Crippen molar-refractivity contribution in [3.8, 4) is 0 Å².